The first kappa shape index (κ1) is 23.0. The second-order valence-electron chi connectivity index (χ2n) is 6.50. The molecule has 2 rings (SSSR count). The van der Waals surface area contributed by atoms with Crippen LogP contribution in [-0.2, 0) is 32.7 Å². The number of carboxylic acids is 2. The van der Waals surface area contributed by atoms with Crippen LogP contribution in [0.5, 0.6) is 0 Å². The number of nitrogens with one attached hydrogen (secondary N) is 1. The number of hydrogen-bond acceptors (Lipinski definition) is 6. The summed E-state index contributed by atoms with van der Waals surface area (Å²) in [7, 11) is -3.78. The summed E-state index contributed by atoms with van der Waals surface area (Å²) in [5, 5.41) is 25.5. The highest BCUT2D eigenvalue weighted by atomic mass is 32.2. The normalized spacial score (nSPS) is 11.3. The van der Waals surface area contributed by atoms with Gasteiger partial charge in [0.2, 0.25) is 10.0 Å². The third kappa shape index (κ3) is 7.28. The molecule has 2 aromatic carbocycles. The van der Waals surface area contributed by atoms with E-state index in [2.05, 4.69) is 5.32 Å². The van der Waals surface area contributed by atoms with Crippen molar-refractivity contribution in [3.8, 4) is 0 Å². The van der Waals surface area contributed by atoms with Gasteiger partial charge in [-0.05, 0) is 35.4 Å². The van der Waals surface area contributed by atoms with Crippen molar-refractivity contribution in [2.75, 3.05) is 13.1 Å². The Hall–Kier alpha value is -3.28. The Labute approximate surface area is 173 Å². The lowest BCUT2D eigenvalue weighted by molar-refractivity contribution is -0.142. The number of carbonyl (C=O) groups excluding carboxylic acids is 1. The summed E-state index contributed by atoms with van der Waals surface area (Å²) in [5.41, 5.74) is 1.71. The predicted molar refractivity (Wildman–Crippen MR) is 106 cm³/mol. The molecule has 0 heterocycles. The number of nitrogens with two attached hydrogens (primary N) is 1. The number of primary sulfonamides is 1. The first-order valence-electron chi connectivity index (χ1n) is 8.69. The van der Waals surface area contributed by atoms with Gasteiger partial charge in [0, 0.05) is 18.7 Å². The Morgan fingerprint density at radius 3 is 1.83 bits per heavy atom. The zero-order valence-corrected chi connectivity index (χ0v) is 16.6. The summed E-state index contributed by atoms with van der Waals surface area (Å²) in [6.45, 7) is -0.551. The molecule has 0 bridgehead atoms. The number of hydrogen-bond donors (Lipinski definition) is 4. The summed E-state index contributed by atoms with van der Waals surface area (Å²) in [4.78, 5) is 35.2. The van der Waals surface area contributed by atoms with E-state index >= 15 is 0 Å². The third-order valence-electron chi connectivity index (χ3n) is 4.04. The summed E-state index contributed by atoms with van der Waals surface area (Å²) >= 11 is 0. The van der Waals surface area contributed by atoms with Crippen LogP contribution in [0, 0.1) is 0 Å². The molecule has 0 atom stereocenters. The van der Waals surface area contributed by atoms with Gasteiger partial charge in [0.05, 0.1) is 18.0 Å². The molecule has 30 heavy (non-hydrogen) atoms. The Bertz CT molecular complexity index is 1000. The van der Waals surface area contributed by atoms with Crippen molar-refractivity contribution in [3.05, 3.63) is 65.2 Å². The minimum absolute atomic E-state index is 0.0204. The van der Waals surface area contributed by atoms with Gasteiger partial charge in [0.15, 0.2) is 0 Å². The van der Waals surface area contributed by atoms with Crippen LogP contribution >= 0.6 is 0 Å². The number of sulfonamides is 1. The van der Waals surface area contributed by atoms with Gasteiger partial charge in [-0.3, -0.25) is 19.3 Å². The summed E-state index contributed by atoms with van der Waals surface area (Å²) in [6, 6.07) is 12.1. The lowest BCUT2D eigenvalue weighted by atomic mass is 10.1. The number of nitrogens with zero attached hydrogens (tertiary/aromatic N) is 1. The van der Waals surface area contributed by atoms with Gasteiger partial charge in [-0.25, -0.2) is 13.6 Å². The average molecular weight is 435 g/mol. The van der Waals surface area contributed by atoms with Crippen LogP contribution in [0.4, 0.5) is 0 Å². The van der Waals surface area contributed by atoms with Gasteiger partial charge in [-0.2, -0.15) is 0 Å². The number of benzene rings is 2. The second kappa shape index (κ2) is 9.96. The van der Waals surface area contributed by atoms with Crippen molar-refractivity contribution in [2.45, 2.75) is 18.0 Å². The standard InChI is InChI=1S/C19H21N3O7S/c20-30(28,29)16-7-3-13(4-8-16)9-21-19(27)15-5-1-14(2-6-15)10-22(11-17(23)24)12-18(25)26/h1-8H,9-12H2,(H,21,27)(H,23,24)(H,25,26)(H2,20,28,29). The van der Waals surface area contributed by atoms with Crippen molar-refractivity contribution in [2.24, 2.45) is 5.14 Å². The molecule has 0 aromatic heterocycles. The van der Waals surface area contributed by atoms with Crippen molar-refractivity contribution in [1.29, 1.82) is 0 Å². The number of carbonyl (C=O) groups is 3. The third-order valence-corrected chi connectivity index (χ3v) is 4.97. The molecule has 0 aliphatic rings. The van der Waals surface area contributed by atoms with E-state index in [4.69, 9.17) is 15.4 Å². The molecule has 0 fully saturated rings. The van der Waals surface area contributed by atoms with E-state index < -0.39 is 35.1 Å². The molecular weight excluding hydrogens is 414 g/mol. The highest BCUT2D eigenvalue weighted by Gasteiger charge is 2.14. The first-order chi connectivity index (χ1) is 14.0. The maximum Gasteiger partial charge on any atom is 0.317 e. The molecule has 2 aromatic rings. The molecule has 0 radical (unpaired) electrons. The minimum atomic E-state index is -3.78. The topological polar surface area (TPSA) is 167 Å². The van der Waals surface area contributed by atoms with E-state index in [1.54, 1.807) is 36.4 Å². The fourth-order valence-electron chi connectivity index (χ4n) is 2.65. The van der Waals surface area contributed by atoms with Gasteiger partial charge >= 0.3 is 11.9 Å². The van der Waals surface area contributed by atoms with E-state index in [0.717, 1.165) is 0 Å². The molecule has 5 N–H and O–H groups in total. The molecule has 0 aliphatic heterocycles. The monoisotopic (exact) mass is 435 g/mol. The van der Waals surface area contributed by atoms with Crippen molar-refractivity contribution in [3.63, 3.8) is 0 Å². The lowest BCUT2D eigenvalue weighted by Crippen LogP contribution is -2.34. The van der Waals surface area contributed by atoms with E-state index in [1.807, 2.05) is 0 Å². The largest absolute Gasteiger partial charge is 0.480 e. The Morgan fingerprint density at radius 2 is 1.37 bits per heavy atom. The van der Waals surface area contributed by atoms with Crippen LogP contribution < -0.4 is 10.5 Å². The maximum atomic E-state index is 12.3. The Morgan fingerprint density at radius 1 is 0.867 bits per heavy atom. The van der Waals surface area contributed by atoms with Crippen LogP contribution in [0.15, 0.2) is 53.4 Å². The molecule has 0 saturated carbocycles. The van der Waals surface area contributed by atoms with Gasteiger partial charge in [0.1, 0.15) is 0 Å². The van der Waals surface area contributed by atoms with Crippen molar-refractivity contribution in [1.82, 2.24) is 10.2 Å². The molecule has 1 amide bonds. The molecule has 160 valence electrons. The second-order valence-corrected chi connectivity index (χ2v) is 8.06. The minimum Gasteiger partial charge on any atom is -0.480 e. The van der Waals surface area contributed by atoms with Gasteiger partial charge in [-0.15, -0.1) is 0 Å². The van der Waals surface area contributed by atoms with E-state index in [9.17, 15) is 22.8 Å². The highest BCUT2D eigenvalue weighted by molar-refractivity contribution is 7.89. The summed E-state index contributed by atoms with van der Waals surface area (Å²) in [6.07, 6.45) is 0. The fourth-order valence-corrected chi connectivity index (χ4v) is 3.17. The van der Waals surface area contributed by atoms with Gasteiger partial charge in [0.25, 0.3) is 5.91 Å². The molecular formula is C19H21N3O7S. The summed E-state index contributed by atoms with van der Waals surface area (Å²) < 4.78 is 22.5. The van der Waals surface area contributed by atoms with E-state index in [-0.39, 0.29) is 23.9 Å². The zero-order chi connectivity index (χ0) is 22.3. The van der Waals surface area contributed by atoms with E-state index in [1.165, 1.54) is 17.0 Å². The quantitative estimate of drug-likeness (QED) is 0.411. The number of amides is 1. The lowest BCUT2D eigenvalue weighted by Gasteiger charge is -2.18. The molecule has 10 nitrogen and oxygen atoms in total. The molecule has 11 heteroatoms. The number of carboxylic acid groups (broad SMARTS) is 2. The highest BCUT2D eigenvalue weighted by Crippen LogP contribution is 2.10. The van der Waals surface area contributed by atoms with E-state index in [0.29, 0.717) is 16.7 Å². The Balaban J connectivity index is 1.95. The first-order valence-corrected chi connectivity index (χ1v) is 10.2. The molecule has 0 aliphatic carbocycles. The Kier molecular flexibility index (Phi) is 7.64. The molecule has 0 saturated heterocycles. The average Bonchev–Trinajstić information content (AvgIpc) is 2.65. The van der Waals surface area contributed by atoms with Crippen LogP contribution in [0.3, 0.4) is 0 Å². The van der Waals surface area contributed by atoms with Crippen LogP contribution in [0.2, 0.25) is 0 Å². The van der Waals surface area contributed by atoms with Crippen LogP contribution in [0.1, 0.15) is 21.5 Å². The van der Waals surface area contributed by atoms with Crippen molar-refractivity contribution < 1.29 is 33.0 Å². The SMILES string of the molecule is NS(=O)(=O)c1ccc(CNC(=O)c2ccc(CN(CC(=O)O)CC(=O)O)cc2)cc1. The zero-order valence-electron chi connectivity index (χ0n) is 15.8. The fraction of sp³-hybridized carbons (Fsp3) is 0.211. The smallest absolute Gasteiger partial charge is 0.317 e. The van der Waals surface area contributed by atoms with Gasteiger partial charge < -0.3 is 15.5 Å². The number of aliphatic carboxylic acids is 2. The number of rotatable bonds is 10. The molecule has 0 spiro atoms. The van der Waals surface area contributed by atoms with Gasteiger partial charge in [-0.1, -0.05) is 24.3 Å². The maximum absolute atomic E-state index is 12.3. The predicted octanol–water partition coefficient (Wildman–Crippen LogP) is 0.235. The molecule has 0 unspecified atom stereocenters. The summed E-state index contributed by atoms with van der Waals surface area (Å²) in [5.74, 6) is -2.63. The van der Waals surface area contributed by atoms with Crippen LogP contribution in [-0.4, -0.2) is 54.5 Å². The van der Waals surface area contributed by atoms with Crippen LogP contribution in [0.25, 0.3) is 0 Å². The van der Waals surface area contributed by atoms with Crippen molar-refractivity contribution >= 4 is 27.9 Å².